The Morgan fingerprint density at radius 2 is 1.50 bits per heavy atom. The number of likely N-dealkylation sites (tertiary alicyclic amines) is 1. The number of rotatable bonds is 7. The monoisotopic (exact) mass is 390 g/mol. The molecule has 2 heteroatoms. The fourth-order valence-electron chi connectivity index (χ4n) is 6.76. The Labute approximate surface area is 176 Å². The lowest BCUT2D eigenvalue weighted by atomic mass is 9.78. The topological polar surface area (TPSA) is 6.48 Å². The highest BCUT2D eigenvalue weighted by molar-refractivity contribution is 4.86. The Hall–Kier alpha value is -0.0800. The van der Waals surface area contributed by atoms with Gasteiger partial charge in [0, 0.05) is 25.2 Å². The first-order chi connectivity index (χ1) is 13.4. The molecule has 0 aromatic heterocycles. The van der Waals surface area contributed by atoms with E-state index in [1.807, 2.05) is 0 Å². The molecule has 1 heterocycles. The van der Waals surface area contributed by atoms with Gasteiger partial charge in [0.25, 0.3) is 0 Å². The lowest BCUT2D eigenvalue weighted by Crippen LogP contribution is -2.48. The summed E-state index contributed by atoms with van der Waals surface area (Å²) in [6, 6.07) is 1.76. The van der Waals surface area contributed by atoms with Crippen LogP contribution in [0.2, 0.25) is 0 Å². The van der Waals surface area contributed by atoms with E-state index in [2.05, 4.69) is 44.5 Å². The third kappa shape index (κ3) is 6.46. The first-order valence-corrected chi connectivity index (χ1v) is 12.9. The van der Waals surface area contributed by atoms with Crippen LogP contribution in [0.25, 0.3) is 0 Å². The van der Waals surface area contributed by atoms with E-state index in [1.54, 1.807) is 0 Å². The summed E-state index contributed by atoms with van der Waals surface area (Å²) in [6.07, 6.45) is 16.1. The van der Waals surface area contributed by atoms with Gasteiger partial charge in [-0.2, -0.15) is 0 Å². The molecule has 0 aromatic rings. The van der Waals surface area contributed by atoms with E-state index in [0.717, 1.165) is 41.7 Å². The van der Waals surface area contributed by atoms with Gasteiger partial charge in [-0.05, 0) is 114 Å². The van der Waals surface area contributed by atoms with Crippen molar-refractivity contribution in [2.24, 2.45) is 29.6 Å². The first-order valence-electron chi connectivity index (χ1n) is 12.9. The molecule has 0 spiro atoms. The summed E-state index contributed by atoms with van der Waals surface area (Å²) in [7, 11) is 2.43. The van der Waals surface area contributed by atoms with Crippen molar-refractivity contribution >= 4 is 0 Å². The number of hydrogen-bond acceptors (Lipinski definition) is 2. The summed E-state index contributed by atoms with van der Waals surface area (Å²) < 4.78 is 0. The van der Waals surface area contributed by atoms with Crippen molar-refractivity contribution in [2.45, 2.75) is 110 Å². The van der Waals surface area contributed by atoms with Crippen LogP contribution in [0.5, 0.6) is 0 Å². The Morgan fingerprint density at radius 1 is 0.821 bits per heavy atom. The van der Waals surface area contributed by atoms with Crippen molar-refractivity contribution in [1.29, 1.82) is 0 Å². The minimum absolute atomic E-state index is 0.861. The second kappa shape index (κ2) is 10.8. The van der Waals surface area contributed by atoms with Crippen LogP contribution in [0.15, 0.2) is 0 Å². The minimum atomic E-state index is 0.861. The fraction of sp³-hybridized carbons (Fsp3) is 1.00. The van der Waals surface area contributed by atoms with E-state index < -0.39 is 0 Å². The molecule has 2 aliphatic carbocycles. The van der Waals surface area contributed by atoms with Gasteiger partial charge in [0.2, 0.25) is 0 Å². The summed E-state index contributed by atoms with van der Waals surface area (Å²) >= 11 is 0. The Morgan fingerprint density at radius 3 is 2.11 bits per heavy atom. The molecule has 2 saturated carbocycles. The SMILES string of the molecule is CC(C)CC1CCC(N(C)CC2CCCN(C3CCC(C(C)C)CC3)C2)CC1. The van der Waals surface area contributed by atoms with Crippen molar-refractivity contribution in [1.82, 2.24) is 9.80 Å². The van der Waals surface area contributed by atoms with E-state index >= 15 is 0 Å². The maximum Gasteiger partial charge on any atom is 0.00955 e. The molecule has 28 heavy (non-hydrogen) atoms. The van der Waals surface area contributed by atoms with Gasteiger partial charge in [-0.3, -0.25) is 0 Å². The van der Waals surface area contributed by atoms with Crippen LogP contribution in [0.4, 0.5) is 0 Å². The van der Waals surface area contributed by atoms with Gasteiger partial charge in [0.05, 0.1) is 0 Å². The predicted molar refractivity (Wildman–Crippen MR) is 123 cm³/mol. The lowest BCUT2D eigenvalue weighted by Gasteiger charge is -2.44. The quantitative estimate of drug-likeness (QED) is 0.493. The molecule has 1 atom stereocenters. The smallest absolute Gasteiger partial charge is 0.00955 e. The maximum absolute atomic E-state index is 2.90. The van der Waals surface area contributed by atoms with Crippen molar-refractivity contribution < 1.29 is 0 Å². The molecule has 3 aliphatic rings. The molecule has 0 amide bonds. The summed E-state index contributed by atoms with van der Waals surface area (Å²) in [5, 5.41) is 0. The largest absolute Gasteiger partial charge is 0.303 e. The maximum atomic E-state index is 2.90. The lowest BCUT2D eigenvalue weighted by molar-refractivity contribution is 0.0581. The second-order valence-electron chi connectivity index (χ2n) is 11.6. The zero-order valence-corrected chi connectivity index (χ0v) is 19.8. The molecule has 164 valence electrons. The Balaban J connectivity index is 1.40. The molecule has 1 aliphatic heterocycles. The van der Waals surface area contributed by atoms with Crippen LogP contribution in [0, 0.1) is 29.6 Å². The third-order valence-corrected chi connectivity index (χ3v) is 8.54. The molecular formula is C26H50N2. The average Bonchev–Trinajstić information content (AvgIpc) is 2.68. The van der Waals surface area contributed by atoms with E-state index in [1.165, 1.54) is 90.3 Å². The van der Waals surface area contributed by atoms with Crippen LogP contribution < -0.4 is 0 Å². The van der Waals surface area contributed by atoms with E-state index in [0.29, 0.717) is 0 Å². The van der Waals surface area contributed by atoms with Crippen LogP contribution in [-0.4, -0.2) is 48.6 Å². The van der Waals surface area contributed by atoms with Gasteiger partial charge in [-0.25, -0.2) is 0 Å². The van der Waals surface area contributed by atoms with Crippen molar-refractivity contribution in [3.05, 3.63) is 0 Å². The summed E-state index contributed by atoms with van der Waals surface area (Å²) in [6.45, 7) is 13.7. The number of nitrogens with zero attached hydrogens (tertiary/aromatic N) is 2. The van der Waals surface area contributed by atoms with E-state index in [9.17, 15) is 0 Å². The summed E-state index contributed by atoms with van der Waals surface area (Å²) in [5.74, 6) is 4.68. The molecule has 3 fully saturated rings. The molecular weight excluding hydrogens is 340 g/mol. The van der Waals surface area contributed by atoms with Gasteiger partial charge in [-0.15, -0.1) is 0 Å². The molecule has 1 unspecified atom stereocenters. The van der Waals surface area contributed by atoms with Crippen LogP contribution in [-0.2, 0) is 0 Å². The Bertz CT molecular complexity index is 430. The predicted octanol–water partition coefficient (Wildman–Crippen LogP) is 6.45. The van der Waals surface area contributed by atoms with Gasteiger partial charge in [0.15, 0.2) is 0 Å². The van der Waals surface area contributed by atoms with Crippen LogP contribution in [0.1, 0.15) is 98.3 Å². The minimum Gasteiger partial charge on any atom is -0.303 e. The Kier molecular flexibility index (Phi) is 8.72. The molecule has 3 rings (SSSR count). The average molecular weight is 391 g/mol. The van der Waals surface area contributed by atoms with Gasteiger partial charge < -0.3 is 9.80 Å². The highest BCUT2D eigenvalue weighted by Gasteiger charge is 2.32. The van der Waals surface area contributed by atoms with Crippen molar-refractivity contribution in [3.8, 4) is 0 Å². The van der Waals surface area contributed by atoms with Crippen molar-refractivity contribution in [2.75, 3.05) is 26.7 Å². The van der Waals surface area contributed by atoms with Crippen molar-refractivity contribution in [3.63, 3.8) is 0 Å². The van der Waals surface area contributed by atoms with Gasteiger partial charge in [-0.1, -0.05) is 27.7 Å². The van der Waals surface area contributed by atoms with E-state index in [4.69, 9.17) is 0 Å². The molecule has 0 bridgehead atoms. The zero-order chi connectivity index (χ0) is 20.1. The summed E-state index contributed by atoms with van der Waals surface area (Å²) in [5.41, 5.74) is 0. The molecule has 1 saturated heterocycles. The normalized spacial score (nSPS) is 35.8. The van der Waals surface area contributed by atoms with Crippen LogP contribution >= 0.6 is 0 Å². The highest BCUT2D eigenvalue weighted by Crippen LogP contribution is 2.35. The molecule has 0 aromatic carbocycles. The zero-order valence-electron chi connectivity index (χ0n) is 19.8. The molecule has 0 radical (unpaired) electrons. The second-order valence-corrected chi connectivity index (χ2v) is 11.6. The van der Waals surface area contributed by atoms with Gasteiger partial charge in [0.1, 0.15) is 0 Å². The first kappa shape index (κ1) is 22.6. The molecule has 2 nitrogen and oxygen atoms in total. The molecule has 0 N–H and O–H groups in total. The fourth-order valence-corrected chi connectivity index (χ4v) is 6.76. The van der Waals surface area contributed by atoms with E-state index in [-0.39, 0.29) is 0 Å². The summed E-state index contributed by atoms with van der Waals surface area (Å²) in [4.78, 5) is 5.66. The third-order valence-electron chi connectivity index (χ3n) is 8.54. The van der Waals surface area contributed by atoms with Crippen LogP contribution in [0.3, 0.4) is 0 Å². The standard InChI is InChI=1S/C26H50N2/c1-20(2)17-22-8-12-25(13-9-22)27(5)18-23-7-6-16-28(19-23)26-14-10-24(11-15-26)21(3)4/h20-26H,6-19H2,1-5H3. The van der Waals surface area contributed by atoms with Gasteiger partial charge >= 0.3 is 0 Å². The number of piperidine rings is 1. The highest BCUT2D eigenvalue weighted by atomic mass is 15.2. The number of hydrogen-bond donors (Lipinski definition) is 0.